The van der Waals surface area contributed by atoms with E-state index in [-0.39, 0.29) is 12.1 Å². The Morgan fingerprint density at radius 3 is 3.00 bits per heavy atom. The molecule has 0 amide bonds. The average Bonchev–Trinajstić information content (AvgIpc) is 2.68. The Balaban J connectivity index is 2.50. The van der Waals surface area contributed by atoms with Crippen molar-refractivity contribution in [3.05, 3.63) is 22.4 Å². The monoisotopic (exact) mass is 227 g/mol. The molecule has 1 unspecified atom stereocenters. The fourth-order valence-corrected chi connectivity index (χ4v) is 2.19. The van der Waals surface area contributed by atoms with Gasteiger partial charge in [0.2, 0.25) is 0 Å². The van der Waals surface area contributed by atoms with E-state index in [0.717, 1.165) is 24.3 Å². The normalized spacial score (nSPS) is 12.4. The largest absolute Gasteiger partial charge is 0.457 e. The van der Waals surface area contributed by atoms with Gasteiger partial charge in [0, 0.05) is 11.8 Å². The van der Waals surface area contributed by atoms with Gasteiger partial charge in [0.15, 0.2) is 0 Å². The molecule has 0 bridgehead atoms. The molecule has 0 aliphatic carbocycles. The van der Waals surface area contributed by atoms with Crippen molar-refractivity contribution in [2.75, 3.05) is 13.6 Å². The van der Waals surface area contributed by atoms with E-state index in [4.69, 9.17) is 4.74 Å². The number of thiophene rings is 1. The van der Waals surface area contributed by atoms with Crippen LogP contribution in [0.15, 0.2) is 17.5 Å². The lowest BCUT2D eigenvalue weighted by Crippen LogP contribution is -2.12. The topological polar surface area (TPSA) is 38.3 Å². The van der Waals surface area contributed by atoms with Crippen molar-refractivity contribution in [3.63, 3.8) is 0 Å². The van der Waals surface area contributed by atoms with Crippen LogP contribution in [0, 0.1) is 0 Å². The van der Waals surface area contributed by atoms with Gasteiger partial charge in [-0.1, -0.05) is 6.07 Å². The Hall–Kier alpha value is -0.870. The van der Waals surface area contributed by atoms with Gasteiger partial charge >= 0.3 is 5.97 Å². The number of rotatable bonds is 6. The molecule has 0 aliphatic rings. The average molecular weight is 227 g/mol. The van der Waals surface area contributed by atoms with Gasteiger partial charge in [-0.25, -0.2) is 0 Å². The van der Waals surface area contributed by atoms with E-state index in [9.17, 15) is 4.79 Å². The third-order valence-electron chi connectivity index (χ3n) is 2.06. The first-order valence-corrected chi connectivity index (χ1v) is 5.97. The van der Waals surface area contributed by atoms with Crippen LogP contribution in [0.1, 0.15) is 30.7 Å². The molecular weight excluding hydrogens is 210 g/mol. The molecule has 0 saturated heterocycles. The van der Waals surface area contributed by atoms with Crippen molar-refractivity contribution >= 4 is 17.3 Å². The van der Waals surface area contributed by atoms with Crippen molar-refractivity contribution in [1.29, 1.82) is 0 Å². The summed E-state index contributed by atoms with van der Waals surface area (Å²) in [7, 11) is 1.92. The van der Waals surface area contributed by atoms with Crippen LogP contribution in [0.4, 0.5) is 0 Å². The number of carbonyl (C=O) groups is 1. The highest BCUT2D eigenvalue weighted by Gasteiger charge is 2.14. The highest BCUT2D eigenvalue weighted by atomic mass is 32.1. The summed E-state index contributed by atoms with van der Waals surface area (Å²) in [4.78, 5) is 12.1. The molecule has 0 fully saturated rings. The first kappa shape index (κ1) is 12.2. The lowest BCUT2D eigenvalue weighted by molar-refractivity contribution is -0.146. The minimum Gasteiger partial charge on any atom is -0.457 e. The molecule has 15 heavy (non-hydrogen) atoms. The van der Waals surface area contributed by atoms with Crippen molar-refractivity contribution in [2.24, 2.45) is 0 Å². The minimum absolute atomic E-state index is 0.0733. The Morgan fingerprint density at radius 1 is 1.67 bits per heavy atom. The zero-order valence-corrected chi connectivity index (χ0v) is 9.97. The number of hydrogen-bond acceptors (Lipinski definition) is 4. The molecule has 0 spiro atoms. The second kappa shape index (κ2) is 6.58. The molecule has 1 heterocycles. The van der Waals surface area contributed by atoms with Crippen molar-refractivity contribution in [2.45, 2.75) is 25.9 Å². The number of nitrogens with one attached hydrogen (secondary N) is 1. The molecule has 1 atom stereocenters. The van der Waals surface area contributed by atoms with Crippen molar-refractivity contribution < 1.29 is 9.53 Å². The van der Waals surface area contributed by atoms with Gasteiger partial charge < -0.3 is 10.1 Å². The first-order valence-electron chi connectivity index (χ1n) is 5.09. The van der Waals surface area contributed by atoms with Crippen LogP contribution in [-0.4, -0.2) is 19.6 Å². The SMILES string of the molecule is CNCCCC(OC(C)=O)c1cccs1. The number of carbonyl (C=O) groups excluding carboxylic acids is 1. The lowest BCUT2D eigenvalue weighted by Gasteiger charge is -2.15. The molecule has 1 aromatic heterocycles. The van der Waals surface area contributed by atoms with Crippen LogP contribution in [0.25, 0.3) is 0 Å². The third kappa shape index (κ3) is 4.44. The van der Waals surface area contributed by atoms with Crippen LogP contribution in [0.5, 0.6) is 0 Å². The molecular formula is C11H17NO2S. The van der Waals surface area contributed by atoms with E-state index in [1.807, 2.05) is 24.6 Å². The number of esters is 1. The molecule has 4 heteroatoms. The van der Waals surface area contributed by atoms with Crippen LogP contribution in [-0.2, 0) is 9.53 Å². The molecule has 84 valence electrons. The smallest absolute Gasteiger partial charge is 0.303 e. The maximum Gasteiger partial charge on any atom is 0.303 e. The zero-order valence-electron chi connectivity index (χ0n) is 9.16. The predicted octanol–water partition coefficient (Wildman–Crippen LogP) is 2.35. The Kier molecular flexibility index (Phi) is 5.36. The van der Waals surface area contributed by atoms with Gasteiger partial charge in [0.1, 0.15) is 6.10 Å². The molecule has 1 N–H and O–H groups in total. The van der Waals surface area contributed by atoms with Crippen LogP contribution < -0.4 is 5.32 Å². The molecule has 3 nitrogen and oxygen atoms in total. The minimum atomic E-state index is -0.210. The van der Waals surface area contributed by atoms with Gasteiger partial charge in [-0.2, -0.15) is 0 Å². The summed E-state index contributed by atoms with van der Waals surface area (Å²) in [5, 5.41) is 5.09. The van der Waals surface area contributed by atoms with E-state index < -0.39 is 0 Å². The maximum absolute atomic E-state index is 10.9. The molecule has 0 radical (unpaired) electrons. The summed E-state index contributed by atoms with van der Waals surface area (Å²) in [6, 6.07) is 3.99. The Morgan fingerprint density at radius 2 is 2.47 bits per heavy atom. The molecule has 0 saturated carbocycles. The molecule has 0 aromatic carbocycles. The summed E-state index contributed by atoms with van der Waals surface area (Å²) >= 11 is 1.63. The molecule has 1 rings (SSSR count). The second-order valence-electron chi connectivity index (χ2n) is 3.36. The number of hydrogen-bond donors (Lipinski definition) is 1. The van der Waals surface area contributed by atoms with Crippen molar-refractivity contribution in [3.8, 4) is 0 Å². The van der Waals surface area contributed by atoms with Gasteiger partial charge in [0.25, 0.3) is 0 Å². The van der Waals surface area contributed by atoms with E-state index in [1.165, 1.54) is 6.92 Å². The van der Waals surface area contributed by atoms with Crippen LogP contribution >= 0.6 is 11.3 Å². The van der Waals surface area contributed by atoms with E-state index in [0.29, 0.717) is 0 Å². The van der Waals surface area contributed by atoms with E-state index in [1.54, 1.807) is 11.3 Å². The van der Waals surface area contributed by atoms with Gasteiger partial charge in [-0.3, -0.25) is 4.79 Å². The lowest BCUT2D eigenvalue weighted by atomic mass is 10.1. The van der Waals surface area contributed by atoms with Crippen molar-refractivity contribution in [1.82, 2.24) is 5.32 Å². The maximum atomic E-state index is 10.9. The zero-order chi connectivity index (χ0) is 11.1. The standard InChI is InChI=1S/C11H17NO2S/c1-9(13)14-10(5-3-7-12-2)11-6-4-8-15-11/h4,6,8,10,12H,3,5,7H2,1-2H3. The van der Waals surface area contributed by atoms with E-state index >= 15 is 0 Å². The highest BCUT2D eigenvalue weighted by Crippen LogP contribution is 2.26. The molecule has 0 aliphatic heterocycles. The summed E-state index contributed by atoms with van der Waals surface area (Å²) < 4.78 is 5.29. The quantitative estimate of drug-likeness (QED) is 0.599. The number of ether oxygens (including phenoxy) is 1. The Labute approximate surface area is 94.5 Å². The summed E-state index contributed by atoms with van der Waals surface area (Å²) in [5.74, 6) is -0.210. The van der Waals surface area contributed by atoms with Crippen LogP contribution in [0.3, 0.4) is 0 Å². The highest BCUT2D eigenvalue weighted by molar-refractivity contribution is 7.10. The Bertz CT molecular complexity index is 285. The van der Waals surface area contributed by atoms with Gasteiger partial charge in [0.05, 0.1) is 0 Å². The third-order valence-corrected chi connectivity index (χ3v) is 3.03. The fraction of sp³-hybridized carbons (Fsp3) is 0.545. The molecule has 1 aromatic rings. The summed E-state index contributed by atoms with van der Waals surface area (Å²) in [5.41, 5.74) is 0. The predicted molar refractivity (Wildman–Crippen MR) is 62.0 cm³/mol. The summed E-state index contributed by atoms with van der Waals surface area (Å²) in [6.45, 7) is 2.40. The second-order valence-corrected chi connectivity index (χ2v) is 4.34. The van der Waals surface area contributed by atoms with Gasteiger partial charge in [-0.15, -0.1) is 11.3 Å². The van der Waals surface area contributed by atoms with Gasteiger partial charge in [-0.05, 0) is 37.9 Å². The first-order chi connectivity index (χ1) is 7.24. The fourth-order valence-electron chi connectivity index (χ4n) is 1.40. The van der Waals surface area contributed by atoms with E-state index in [2.05, 4.69) is 5.32 Å². The summed E-state index contributed by atoms with van der Waals surface area (Å²) in [6.07, 6.45) is 1.81. The van der Waals surface area contributed by atoms with Crippen LogP contribution in [0.2, 0.25) is 0 Å².